The molecule has 1 amide bonds. The topological polar surface area (TPSA) is 38.8 Å². The summed E-state index contributed by atoms with van der Waals surface area (Å²) in [6, 6.07) is 11.3. The van der Waals surface area contributed by atoms with Crippen LogP contribution < -0.4 is 9.47 Å². The number of ether oxygens (including phenoxy) is 2. The third kappa shape index (κ3) is 4.05. The number of benzene rings is 2. The lowest BCUT2D eigenvalue weighted by Crippen LogP contribution is -2.30. The number of thioether (sulfide) groups is 1. The standard InChI is InChI=1S/C19H19Cl2NO3S/c1-24-16-6-3-12(9-17(16)25-2)7-8-22-18(23)11-26-19(22)13-4-5-14(20)15(21)10-13/h3-6,9-10,19H,7-8,11H2,1-2H3/t19-/m1/s1. The van der Waals surface area contributed by atoms with Gasteiger partial charge in [-0.15, -0.1) is 11.8 Å². The number of methoxy groups -OCH3 is 2. The van der Waals surface area contributed by atoms with Crippen LogP contribution >= 0.6 is 35.0 Å². The van der Waals surface area contributed by atoms with Crippen molar-refractivity contribution >= 4 is 40.9 Å². The molecule has 0 aliphatic carbocycles. The Labute approximate surface area is 167 Å². The average molecular weight is 412 g/mol. The molecule has 0 aromatic heterocycles. The van der Waals surface area contributed by atoms with Crippen molar-refractivity contribution in [3.05, 3.63) is 57.6 Å². The zero-order chi connectivity index (χ0) is 18.7. The van der Waals surface area contributed by atoms with E-state index in [-0.39, 0.29) is 11.3 Å². The van der Waals surface area contributed by atoms with Crippen molar-refractivity contribution in [2.75, 3.05) is 26.5 Å². The molecule has 7 heteroatoms. The van der Waals surface area contributed by atoms with Gasteiger partial charge in [-0.2, -0.15) is 0 Å². The van der Waals surface area contributed by atoms with E-state index in [1.807, 2.05) is 35.2 Å². The fourth-order valence-electron chi connectivity index (χ4n) is 2.92. The number of hydrogen-bond acceptors (Lipinski definition) is 4. The zero-order valence-electron chi connectivity index (χ0n) is 14.5. The van der Waals surface area contributed by atoms with Gasteiger partial charge in [-0.3, -0.25) is 4.79 Å². The summed E-state index contributed by atoms with van der Waals surface area (Å²) in [5.41, 5.74) is 2.07. The second-order valence-corrected chi connectivity index (χ2v) is 7.75. The van der Waals surface area contributed by atoms with E-state index in [1.54, 1.807) is 32.0 Å². The zero-order valence-corrected chi connectivity index (χ0v) is 16.8. The number of rotatable bonds is 6. The Morgan fingerprint density at radius 2 is 1.85 bits per heavy atom. The van der Waals surface area contributed by atoms with Gasteiger partial charge in [0.1, 0.15) is 5.37 Å². The van der Waals surface area contributed by atoms with Crippen molar-refractivity contribution in [3.63, 3.8) is 0 Å². The number of hydrogen-bond donors (Lipinski definition) is 0. The molecule has 1 aliphatic rings. The van der Waals surface area contributed by atoms with Gasteiger partial charge in [0.15, 0.2) is 11.5 Å². The maximum Gasteiger partial charge on any atom is 0.233 e. The summed E-state index contributed by atoms with van der Waals surface area (Å²) < 4.78 is 10.6. The molecule has 1 heterocycles. The highest BCUT2D eigenvalue weighted by atomic mass is 35.5. The SMILES string of the molecule is COc1ccc(CCN2C(=O)CS[C@@H]2c2ccc(Cl)c(Cl)c2)cc1OC. The normalized spacial score (nSPS) is 16.8. The molecule has 2 aromatic rings. The highest BCUT2D eigenvalue weighted by Crippen LogP contribution is 2.40. The molecule has 0 saturated carbocycles. The van der Waals surface area contributed by atoms with E-state index >= 15 is 0 Å². The first kappa shape index (κ1) is 19.2. The van der Waals surface area contributed by atoms with Gasteiger partial charge >= 0.3 is 0 Å². The Balaban J connectivity index is 1.75. The fraction of sp³-hybridized carbons (Fsp3) is 0.316. The van der Waals surface area contributed by atoms with Gasteiger partial charge in [0.05, 0.1) is 30.0 Å². The Hall–Kier alpha value is -1.56. The average Bonchev–Trinajstić information content (AvgIpc) is 3.02. The van der Waals surface area contributed by atoms with Crippen molar-refractivity contribution in [1.82, 2.24) is 4.90 Å². The van der Waals surface area contributed by atoms with E-state index in [1.165, 1.54) is 0 Å². The predicted molar refractivity (Wildman–Crippen MR) is 107 cm³/mol. The summed E-state index contributed by atoms with van der Waals surface area (Å²) >= 11 is 13.8. The molecule has 0 radical (unpaired) electrons. The molecule has 0 bridgehead atoms. The Morgan fingerprint density at radius 3 is 2.54 bits per heavy atom. The molecule has 138 valence electrons. The Morgan fingerprint density at radius 1 is 1.08 bits per heavy atom. The van der Waals surface area contributed by atoms with Crippen LogP contribution in [-0.4, -0.2) is 37.3 Å². The van der Waals surface area contributed by atoms with Crippen LogP contribution in [0.15, 0.2) is 36.4 Å². The number of carbonyl (C=O) groups is 1. The lowest BCUT2D eigenvalue weighted by atomic mass is 10.1. The third-order valence-electron chi connectivity index (χ3n) is 4.29. The van der Waals surface area contributed by atoms with Gasteiger partial charge in [-0.1, -0.05) is 35.3 Å². The highest BCUT2D eigenvalue weighted by Gasteiger charge is 2.32. The lowest BCUT2D eigenvalue weighted by molar-refractivity contribution is -0.128. The number of carbonyl (C=O) groups excluding carboxylic acids is 1. The predicted octanol–water partition coefficient (Wildman–Crippen LogP) is 4.83. The van der Waals surface area contributed by atoms with Crippen LogP contribution in [0.2, 0.25) is 10.0 Å². The maximum atomic E-state index is 12.4. The molecule has 4 nitrogen and oxygen atoms in total. The minimum absolute atomic E-state index is 0.0441. The first-order valence-corrected chi connectivity index (χ1v) is 9.91. The van der Waals surface area contributed by atoms with Crippen LogP contribution in [0.25, 0.3) is 0 Å². The van der Waals surface area contributed by atoms with Gasteiger partial charge in [0, 0.05) is 6.54 Å². The van der Waals surface area contributed by atoms with Crippen molar-refractivity contribution in [1.29, 1.82) is 0 Å². The van der Waals surface area contributed by atoms with Crippen LogP contribution in [0, 0.1) is 0 Å². The first-order chi connectivity index (χ1) is 12.5. The van der Waals surface area contributed by atoms with Crippen molar-refractivity contribution < 1.29 is 14.3 Å². The van der Waals surface area contributed by atoms with Gasteiger partial charge in [0.2, 0.25) is 5.91 Å². The molecule has 3 rings (SSSR count). The third-order valence-corrected chi connectivity index (χ3v) is 6.28. The van der Waals surface area contributed by atoms with E-state index < -0.39 is 0 Å². The summed E-state index contributed by atoms with van der Waals surface area (Å²) in [7, 11) is 3.22. The summed E-state index contributed by atoms with van der Waals surface area (Å²) in [5.74, 6) is 1.98. The molecule has 1 saturated heterocycles. The van der Waals surface area contributed by atoms with Gasteiger partial charge in [0.25, 0.3) is 0 Å². The number of halogens is 2. The molecule has 1 aliphatic heterocycles. The lowest BCUT2D eigenvalue weighted by Gasteiger charge is -2.24. The van der Waals surface area contributed by atoms with Gasteiger partial charge < -0.3 is 14.4 Å². The van der Waals surface area contributed by atoms with E-state index in [4.69, 9.17) is 32.7 Å². The summed E-state index contributed by atoms with van der Waals surface area (Å²) in [5, 5.41) is 0.975. The van der Waals surface area contributed by atoms with Crippen LogP contribution in [0.1, 0.15) is 16.5 Å². The van der Waals surface area contributed by atoms with Crippen molar-refractivity contribution in [3.8, 4) is 11.5 Å². The van der Waals surface area contributed by atoms with Gasteiger partial charge in [-0.25, -0.2) is 0 Å². The molecular formula is C19H19Cl2NO3S. The number of nitrogens with zero attached hydrogens (tertiary/aromatic N) is 1. The summed E-state index contributed by atoms with van der Waals surface area (Å²) in [4.78, 5) is 14.2. The quantitative estimate of drug-likeness (QED) is 0.682. The molecular weight excluding hydrogens is 393 g/mol. The Kier molecular flexibility index (Phi) is 6.22. The van der Waals surface area contributed by atoms with Crippen LogP contribution in [-0.2, 0) is 11.2 Å². The highest BCUT2D eigenvalue weighted by molar-refractivity contribution is 8.00. The van der Waals surface area contributed by atoms with Crippen molar-refractivity contribution in [2.24, 2.45) is 0 Å². The largest absolute Gasteiger partial charge is 0.493 e. The number of amides is 1. The molecule has 1 fully saturated rings. The van der Waals surface area contributed by atoms with E-state index in [0.29, 0.717) is 33.8 Å². The second-order valence-electron chi connectivity index (χ2n) is 5.86. The second kappa shape index (κ2) is 8.42. The van der Waals surface area contributed by atoms with Gasteiger partial charge in [-0.05, 0) is 41.8 Å². The summed E-state index contributed by atoms with van der Waals surface area (Å²) in [6.45, 7) is 0.617. The van der Waals surface area contributed by atoms with E-state index in [0.717, 1.165) is 17.5 Å². The molecule has 1 atom stereocenters. The molecule has 0 unspecified atom stereocenters. The minimum Gasteiger partial charge on any atom is -0.493 e. The van der Waals surface area contributed by atoms with Crippen molar-refractivity contribution in [2.45, 2.75) is 11.8 Å². The Bertz CT molecular complexity index is 815. The summed E-state index contributed by atoms with van der Waals surface area (Å²) in [6.07, 6.45) is 0.727. The maximum absolute atomic E-state index is 12.4. The molecule has 2 aromatic carbocycles. The fourth-order valence-corrected chi connectivity index (χ4v) is 4.44. The molecule has 26 heavy (non-hydrogen) atoms. The first-order valence-electron chi connectivity index (χ1n) is 8.10. The van der Waals surface area contributed by atoms with Crippen LogP contribution in [0.3, 0.4) is 0 Å². The molecule has 0 spiro atoms. The molecule has 0 N–H and O–H groups in total. The van der Waals surface area contributed by atoms with E-state index in [9.17, 15) is 4.79 Å². The monoisotopic (exact) mass is 411 g/mol. The van der Waals surface area contributed by atoms with Crippen LogP contribution in [0.4, 0.5) is 0 Å². The van der Waals surface area contributed by atoms with E-state index in [2.05, 4.69) is 0 Å². The van der Waals surface area contributed by atoms with Crippen LogP contribution in [0.5, 0.6) is 11.5 Å². The minimum atomic E-state index is -0.0441. The smallest absolute Gasteiger partial charge is 0.233 e.